The van der Waals surface area contributed by atoms with Gasteiger partial charge in [0.15, 0.2) is 0 Å². The summed E-state index contributed by atoms with van der Waals surface area (Å²) in [5, 5.41) is 0.147. The molecule has 3 N–H and O–H groups in total. The summed E-state index contributed by atoms with van der Waals surface area (Å²) >= 11 is 6.05. The number of hydrogen-bond acceptors (Lipinski definition) is 4. The number of methoxy groups -OCH3 is 1. The highest BCUT2D eigenvalue weighted by Gasteiger charge is 2.33. The lowest BCUT2D eigenvalue weighted by Crippen LogP contribution is -2.47. The zero-order chi connectivity index (χ0) is 15.5. The zero-order valence-corrected chi connectivity index (χ0v) is 13.2. The summed E-state index contributed by atoms with van der Waals surface area (Å²) < 4.78 is 32.3. The molecule has 0 aromatic heterocycles. The Labute approximate surface area is 129 Å². The normalized spacial score (nSPS) is 21.3. The lowest BCUT2D eigenvalue weighted by molar-refractivity contribution is 0.0236. The van der Waals surface area contributed by atoms with Crippen molar-refractivity contribution in [1.29, 1.82) is 0 Å². The number of rotatable bonds is 4. The van der Waals surface area contributed by atoms with E-state index in [4.69, 9.17) is 22.1 Å². The third-order valence-electron chi connectivity index (χ3n) is 3.31. The van der Waals surface area contributed by atoms with Crippen molar-refractivity contribution in [1.82, 2.24) is 4.72 Å². The van der Waals surface area contributed by atoms with Crippen LogP contribution in [0.25, 0.3) is 0 Å². The van der Waals surface area contributed by atoms with Crippen LogP contribution in [0.3, 0.4) is 0 Å². The number of hydrogen-bond donors (Lipinski definition) is 2. The average molecular weight is 329 g/mol. The van der Waals surface area contributed by atoms with Crippen molar-refractivity contribution in [2.24, 2.45) is 5.73 Å². The van der Waals surface area contributed by atoms with Gasteiger partial charge in [0.25, 0.3) is 0 Å². The van der Waals surface area contributed by atoms with Crippen LogP contribution in [0, 0.1) is 11.8 Å². The highest BCUT2D eigenvalue weighted by molar-refractivity contribution is 7.89. The average Bonchev–Trinajstić information content (AvgIpc) is 2.39. The van der Waals surface area contributed by atoms with Gasteiger partial charge in [-0.1, -0.05) is 23.4 Å². The van der Waals surface area contributed by atoms with Gasteiger partial charge in [0.05, 0.1) is 17.7 Å². The van der Waals surface area contributed by atoms with E-state index in [2.05, 4.69) is 16.6 Å². The van der Waals surface area contributed by atoms with E-state index in [1.807, 2.05) is 0 Å². The number of halogens is 1. The Hall–Kier alpha value is -1.10. The first-order chi connectivity index (χ1) is 9.96. The summed E-state index contributed by atoms with van der Waals surface area (Å²) in [5.74, 6) is 5.50. The molecule has 2 rings (SSSR count). The molecule has 1 saturated carbocycles. The number of nitrogens with one attached hydrogen (secondary N) is 1. The Morgan fingerprint density at radius 3 is 2.76 bits per heavy atom. The van der Waals surface area contributed by atoms with Gasteiger partial charge in [-0.2, -0.15) is 0 Å². The molecule has 0 atom stereocenters. The van der Waals surface area contributed by atoms with E-state index in [0.717, 1.165) is 0 Å². The van der Waals surface area contributed by atoms with Crippen molar-refractivity contribution in [3.63, 3.8) is 0 Å². The molecule has 1 aliphatic rings. The topological polar surface area (TPSA) is 81.4 Å². The maximum Gasteiger partial charge on any atom is 0.242 e. The summed E-state index contributed by atoms with van der Waals surface area (Å²) in [6.45, 7) is 0.238. The van der Waals surface area contributed by atoms with Gasteiger partial charge >= 0.3 is 0 Å². The van der Waals surface area contributed by atoms with E-state index in [1.165, 1.54) is 12.1 Å². The molecule has 0 saturated heterocycles. The van der Waals surface area contributed by atoms with Crippen molar-refractivity contribution >= 4 is 21.6 Å². The Bertz CT molecular complexity index is 673. The van der Waals surface area contributed by atoms with Gasteiger partial charge < -0.3 is 10.5 Å². The van der Waals surface area contributed by atoms with Gasteiger partial charge in [-0.25, -0.2) is 13.1 Å². The molecule has 0 spiro atoms. The Balaban J connectivity index is 2.13. The van der Waals surface area contributed by atoms with Crippen LogP contribution in [-0.2, 0) is 14.8 Å². The largest absolute Gasteiger partial charge is 0.381 e. The van der Waals surface area contributed by atoms with Gasteiger partial charge in [-0.15, -0.1) is 0 Å². The molecule has 0 bridgehead atoms. The Kier molecular flexibility index (Phi) is 5.25. The fourth-order valence-corrected chi connectivity index (χ4v) is 3.89. The van der Waals surface area contributed by atoms with E-state index in [9.17, 15) is 8.42 Å². The standard InChI is InChI=1S/C14H17ClN2O3S/c1-20-12-8-11(9-12)17-21(18,19)14-5-4-10(3-2-6-16)7-13(14)15/h4-5,7,11-12,17H,6,8-9,16H2,1H3. The van der Waals surface area contributed by atoms with E-state index in [-0.39, 0.29) is 28.6 Å². The highest BCUT2D eigenvalue weighted by Crippen LogP contribution is 2.27. The SMILES string of the molecule is COC1CC(NS(=O)(=O)c2ccc(C#CCN)cc2Cl)C1. The van der Waals surface area contributed by atoms with Crippen molar-refractivity contribution in [3.8, 4) is 11.8 Å². The lowest BCUT2D eigenvalue weighted by atomic mass is 9.90. The van der Waals surface area contributed by atoms with Crippen LogP contribution >= 0.6 is 11.6 Å². The molecule has 7 heteroatoms. The van der Waals surface area contributed by atoms with Gasteiger partial charge in [0.1, 0.15) is 4.90 Å². The maximum absolute atomic E-state index is 12.3. The molecule has 114 valence electrons. The summed E-state index contributed by atoms with van der Waals surface area (Å²) in [7, 11) is -2.01. The molecule has 0 aliphatic heterocycles. The first kappa shape index (κ1) is 16.3. The minimum Gasteiger partial charge on any atom is -0.381 e. The molecule has 1 aliphatic carbocycles. The van der Waals surface area contributed by atoms with Gasteiger partial charge in [-0.05, 0) is 31.0 Å². The zero-order valence-electron chi connectivity index (χ0n) is 11.6. The second kappa shape index (κ2) is 6.77. The second-order valence-corrected chi connectivity index (χ2v) is 6.89. The van der Waals surface area contributed by atoms with Crippen LogP contribution in [0.5, 0.6) is 0 Å². The van der Waals surface area contributed by atoms with Crippen LogP contribution in [0.1, 0.15) is 18.4 Å². The molecule has 5 nitrogen and oxygen atoms in total. The second-order valence-electron chi connectivity index (χ2n) is 4.80. The number of ether oxygens (including phenoxy) is 1. The molecular formula is C14H17ClN2O3S. The molecule has 1 aromatic rings. The Morgan fingerprint density at radius 1 is 1.48 bits per heavy atom. The van der Waals surface area contributed by atoms with Crippen LogP contribution in [-0.4, -0.2) is 34.2 Å². The molecule has 0 amide bonds. The van der Waals surface area contributed by atoms with Crippen LogP contribution in [0.4, 0.5) is 0 Å². The lowest BCUT2D eigenvalue weighted by Gasteiger charge is -2.34. The van der Waals surface area contributed by atoms with Crippen LogP contribution < -0.4 is 10.5 Å². The third-order valence-corrected chi connectivity index (χ3v) is 5.31. The molecule has 1 fully saturated rings. The minimum atomic E-state index is -3.63. The van der Waals surface area contributed by atoms with Crippen molar-refractivity contribution in [2.75, 3.05) is 13.7 Å². The molecule has 21 heavy (non-hydrogen) atoms. The molecule has 1 aromatic carbocycles. The van der Waals surface area contributed by atoms with Crippen LogP contribution in [0.15, 0.2) is 23.1 Å². The number of nitrogens with two attached hydrogens (primary N) is 1. The summed E-state index contributed by atoms with van der Waals surface area (Å²) in [6.07, 6.45) is 1.47. The van der Waals surface area contributed by atoms with Gasteiger partial charge in [0, 0.05) is 18.7 Å². The quantitative estimate of drug-likeness (QED) is 0.811. The molecule has 0 radical (unpaired) electrons. The molecule has 0 unspecified atom stereocenters. The third kappa shape index (κ3) is 3.96. The molecule has 0 heterocycles. The summed E-state index contributed by atoms with van der Waals surface area (Å²) in [6, 6.07) is 4.49. The smallest absolute Gasteiger partial charge is 0.242 e. The number of sulfonamides is 1. The van der Waals surface area contributed by atoms with Crippen molar-refractivity contribution in [2.45, 2.75) is 29.9 Å². The highest BCUT2D eigenvalue weighted by atomic mass is 35.5. The van der Waals surface area contributed by atoms with Crippen molar-refractivity contribution < 1.29 is 13.2 Å². The summed E-state index contributed by atoms with van der Waals surface area (Å²) in [4.78, 5) is 0.0586. The van der Waals surface area contributed by atoms with E-state index >= 15 is 0 Å². The van der Waals surface area contributed by atoms with Gasteiger partial charge in [0.2, 0.25) is 10.0 Å². The monoisotopic (exact) mass is 328 g/mol. The maximum atomic E-state index is 12.3. The predicted octanol–water partition coefficient (Wildman–Crippen LogP) is 1.11. The fraction of sp³-hybridized carbons (Fsp3) is 0.429. The first-order valence-electron chi connectivity index (χ1n) is 6.50. The first-order valence-corrected chi connectivity index (χ1v) is 8.36. The van der Waals surface area contributed by atoms with E-state index in [1.54, 1.807) is 13.2 Å². The fourth-order valence-electron chi connectivity index (χ4n) is 2.09. The van der Waals surface area contributed by atoms with E-state index < -0.39 is 10.0 Å². The molecular weight excluding hydrogens is 312 g/mol. The van der Waals surface area contributed by atoms with Crippen molar-refractivity contribution in [3.05, 3.63) is 28.8 Å². The number of benzene rings is 1. The van der Waals surface area contributed by atoms with Gasteiger partial charge in [-0.3, -0.25) is 0 Å². The summed E-state index contributed by atoms with van der Waals surface area (Å²) in [5.41, 5.74) is 5.92. The van der Waals surface area contributed by atoms with Crippen LogP contribution in [0.2, 0.25) is 5.02 Å². The predicted molar refractivity (Wildman–Crippen MR) is 81.5 cm³/mol. The van der Waals surface area contributed by atoms with E-state index in [0.29, 0.717) is 18.4 Å². The Morgan fingerprint density at radius 2 is 2.19 bits per heavy atom. The minimum absolute atomic E-state index is 0.0586.